The van der Waals surface area contributed by atoms with Crippen LogP contribution in [0.15, 0.2) is 146 Å². The first kappa shape index (κ1) is 52.5. The van der Waals surface area contributed by atoms with E-state index in [1.807, 2.05) is 54.6 Å². The monoisotopic (exact) mass is 946 g/mol. The summed E-state index contributed by atoms with van der Waals surface area (Å²) in [4.78, 5) is 3.77. The van der Waals surface area contributed by atoms with Crippen molar-refractivity contribution < 1.29 is 160 Å². The molecule has 7 aromatic carbocycles. The van der Waals surface area contributed by atoms with Crippen LogP contribution in [0.4, 0.5) is 11.4 Å². The van der Waals surface area contributed by atoms with Crippen molar-refractivity contribution in [3.05, 3.63) is 139 Å². The van der Waals surface area contributed by atoms with Gasteiger partial charge in [0, 0.05) is 31.6 Å². The van der Waals surface area contributed by atoms with Crippen molar-refractivity contribution in [1.82, 2.24) is 30.0 Å². The molecule has 24 heteroatoms. The number of hydrogen-bond donors (Lipinski definition) is 0. The van der Waals surface area contributed by atoms with Crippen LogP contribution in [0.25, 0.3) is 67.1 Å². The summed E-state index contributed by atoms with van der Waals surface area (Å²) in [6.45, 7) is 0. The van der Waals surface area contributed by atoms with Gasteiger partial charge in [0.2, 0.25) is 0 Å². The molecule has 0 bridgehead atoms. The van der Waals surface area contributed by atoms with Gasteiger partial charge in [-0.15, -0.1) is 50.7 Å². The Morgan fingerprint density at radius 3 is 1.95 bits per heavy atom. The van der Waals surface area contributed by atoms with Gasteiger partial charge in [0.25, 0.3) is 0 Å². The van der Waals surface area contributed by atoms with Gasteiger partial charge in [0.15, 0.2) is 0 Å². The maximum absolute atomic E-state index is 11.5. The number of azo groups is 1. The van der Waals surface area contributed by atoms with Crippen LogP contribution in [0.1, 0.15) is 11.1 Å². The molecule has 0 spiro atoms. The molecule has 2 aromatic heterocycles. The van der Waals surface area contributed by atoms with Crippen LogP contribution in [-0.2, 0) is 28.9 Å². The molecular formula is C40H22N8Na4O9S3. The summed E-state index contributed by atoms with van der Waals surface area (Å²) >= 11 is 1.51. The fourth-order valence-corrected chi connectivity index (χ4v) is 7.89. The summed E-state index contributed by atoms with van der Waals surface area (Å²) in [7, 11) is -4.59. The Hall–Kier alpha value is -2.43. The summed E-state index contributed by atoms with van der Waals surface area (Å²) in [5.41, 5.74) is 6.19. The number of hydrogen-bond acceptors (Lipinski definition) is 17. The molecule has 0 saturated carbocycles. The minimum Gasteiger partial charge on any atom is -0.744 e. The van der Waals surface area contributed by atoms with Gasteiger partial charge < -0.3 is 15.1 Å². The van der Waals surface area contributed by atoms with Crippen molar-refractivity contribution in [2.24, 2.45) is 10.2 Å². The van der Waals surface area contributed by atoms with Crippen LogP contribution in [-0.4, -0.2) is 43.0 Å². The molecule has 64 heavy (non-hydrogen) atoms. The first-order valence-corrected chi connectivity index (χ1v) is 20.3. The molecule has 0 radical (unpaired) electrons. The second kappa shape index (κ2) is 23.5. The number of benzene rings is 7. The van der Waals surface area contributed by atoms with Gasteiger partial charge in [-0.1, -0.05) is 48.5 Å². The van der Waals surface area contributed by atoms with Crippen molar-refractivity contribution >= 4 is 101 Å². The summed E-state index contributed by atoms with van der Waals surface area (Å²) < 4.78 is 43.7. The van der Waals surface area contributed by atoms with E-state index in [2.05, 4.69) is 50.3 Å². The number of aromatic nitrogens is 6. The van der Waals surface area contributed by atoms with Crippen molar-refractivity contribution in [1.29, 1.82) is 0 Å². The van der Waals surface area contributed by atoms with E-state index in [1.165, 1.54) is 21.7 Å². The third kappa shape index (κ3) is 11.8. The maximum atomic E-state index is 11.5. The summed E-state index contributed by atoms with van der Waals surface area (Å²) in [6, 6.07) is 37.8. The Labute approximate surface area is 460 Å². The quantitative estimate of drug-likeness (QED) is 0.0155. The van der Waals surface area contributed by atoms with Crippen molar-refractivity contribution in [2.45, 2.75) is 14.7 Å². The van der Waals surface area contributed by atoms with E-state index >= 15 is 0 Å². The summed E-state index contributed by atoms with van der Waals surface area (Å²) in [5, 5.41) is 58.4. The molecule has 17 nitrogen and oxygen atoms in total. The van der Waals surface area contributed by atoms with Crippen LogP contribution in [0, 0.1) is 6.07 Å². The van der Waals surface area contributed by atoms with Crippen LogP contribution in [0.5, 0.6) is 0 Å². The van der Waals surface area contributed by atoms with Gasteiger partial charge in [0.05, 0.1) is 46.0 Å². The Bertz CT molecular complexity index is 3250. The Morgan fingerprint density at radius 1 is 0.609 bits per heavy atom. The zero-order chi connectivity index (χ0) is 41.2. The Morgan fingerprint density at radius 2 is 1.25 bits per heavy atom. The first-order chi connectivity index (χ1) is 29.2. The van der Waals surface area contributed by atoms with Gasteiger partial charge in [-0.05, 0) is 71.6 Å². The third-order valence-corrected chi connectivity index (χ3v) is 11.3. The molecule has 0 aliphatic carbocycles. The average molecular weight is 947 g/mol. The molecule has 9 aromatic rings. The molecule has 0 aliphatic heterocycles. The zero-order valence-corrected chi connectivity index (χ0v) is 44.6. The average Bonchev–Trinajstić information content (AvgIpc) is 3.92. The van der Waals surface area contributed by atoms with Crippen molar-refractivity contribution in [3.8, 4) is 11.4 Å². The van der Waals surface area contributed by atoms with E-state index < -0.39 is 10.1 Å². The topological polar surface area (TPSA) is 226 Å². The SMILES string of the molecule is O=S(=O)([O-])c1ccc2c(ccc3nn(-c4ccc(N=Nc5c[c-]c(C=Cc6ccc(-n7nc8cc(SOO[O-])c9ccccc9c8n7)cc6SOO[O-])cc5)cc4)nc32)c1.[Na+].[Na+].[Na+].[Na+]. The van der Waals surface area contributed by atoms with Gasteiger partial charge in [0.1, 0.15) is 32.2 Å². The van der Waals surface area contributed by atoms with Gasteiger partial charge in [-0.3, -0.25) is 10.1 Å². The number of fused-ring (bicyclic) bond motifs is 6. The first-order valence-electron chi connectivity index (χ1n) is 17.4. The zero-order valence-electron chi connectivity index (χ0n) is 34.2. The van der Waals surface area contributed by atoms with E-state index in [4.69, 9.17) is 5.10 Å². The third-order valence-electron chi connectivity index (χ3n) is 9.14. The molecule has 0 unspecified atom stereocenters. The number of nitrogens with zero attached hydrogens (tertiary/aromatic N) is 8. The predicted octanol–water partition coefficient (Wildman–Crippen LogP) is -4.77. The molecule has 298 valence electrons. The van der Waals surface area contributed by atoms with Crippen molar-refractivity contribution in [3.63, 3.8) is 0 Å². The Balaban J connectivity index is 0.00000193. The van der Waals surface area contributed by atoms with E-state index in [0.29, 0.717) is 70.9 Å². The van der Waals surface area contributed by atoms with Gasteiger partial charge in [-0.2, -0.15) is 28.9 Å². The van der Waals surface area contributed by atoms with Gasteiger partial charge in [-0.25, -0.2) is 13.5 Å². The molecule has 0 fully saturated rings. The van der Waals surface area contributed by atoms with E-state index in [1.54, 1.807) is 66.7 Å². The summed E-state index contributed by atoms with van der Waals surface area (Å²) in [6.07, 6.45) is 3.66. The fraction of sp³-hybridized carbons (Fsp3) is 0. The molecule has 0 aliphatic rings. The molecular weight excluding hydrogens is 925 g/mol. The second-order valence-corrected chi connectivity index (χ2v) is 15.6. The van der Waals surface area contributed by atoms with Crippen LogP contribution in [0.2, 0.25) is 0 Å². The van der Waals surface area contributed by atoms with Crippen LogP contribution >= 0.6 is 24.1 Å². The molecule has 0 amide bonds. The molecule has 0 saturated heterocycles. The minimum absolute atomic E-state index is 0. The smallest absolute Gasteiger partial charge is 0.744 e. The molecule has 9 rings (SSSR count). The minimum atomic E-state index is -4.59. The van der Waals surface area contributed by atoms with Gasteiger partial charge >= 0.3 is 118 Å². The van der Waals surface area contributed by atoms with Crippen LogP contribution in [0.3, 0.4) is 0 Å². The standard InChI is InChI=1S/C40H25N8O9S3.4Na/c49-54-56-58-37-22-30(48-44-36-23-38(59-57-55-50)33-3-1-2-4-34(33)40(36)46-48)15-9-25(37)8-5-24-6-11-27(12-7-24)41-42-28-13-16-29(17-14-28)47-43-35-20-10-26-21-31(60(51,52)53)18-19-32(26)39(35)45-47;;;;/h1-6,8-23,49-50H,(H,51,52,53);;;;/q-1;4*+1/p-3. The molecule has 2 heterocycles. The summed E-state index contributed by atoms with van der Waals surface area (Å²) in [5.74, 6) is 0. The Kier molecular flexibility index (Phi) is 19.3. The predicted molar refractivity (Wildman–Crippen MR) is 215 cm³/mol. The second-order valence-electron chi connectivity index (χ2n) is 12.8. The van der Waals surface area contributed by atoms with Crippen molar-refractivity contribution in [2.75, 3.05) is 0 Å². The molecule has 0 N–H and O–H groups in total. The largest absolute Gasteiger partial charge is 1.00 e. The number of rotatable bonds is 13. The van der Waals surface area contributed by atoms with E-state index in [0.717, 1.165) is 40.4 Å². The van der Waals surface area contributed by atoms with E-state index in [-0.39, 0.29) is 123 Å². The maximum Gasteiger partial charge on any atom is 1.00 e. The van der Waals surface area contributed by atoms with Crippen LogP contribution < -0.4 is 129 Å². The molecule has 0 atom stereocenters. The van der Waals surface area contributed by atoms with E-state index in [9.17, 15) is 23.5 Å². The fourth-order valence-electron chi connectivity index (χ4n) is 6.35. The normalized spacial score (nSPS) is 11.5.